The van der Waals surface area contributed by atoms with Gasteiger partial charge in [0.2, 0.25) is 0 Å². The third kappa shape index (κ3) is 6.52. The maximum Gasteiger partial charge on any atom is 0.411 e. The van der Waals surface area contributed by atoms with E-state index in [-0.39, 0.29) is 5.41 Å². The van der Waals surface area contributed by atoms with Crippen molar-refractivity contribution in [3.05, 3.63) is 18.2 Å². The van der Waals surface area contributed by atoms with E-state index in [1.54, 1.807) is 0 Å². The smallest absolute Gasteiger partial charge is 0.411 e. The lowest BCUT2D eigenvalue weighted by molar-refractivity contribution is -0.0255. The van der Waals surface area contributed by atoms with Gasteiger partial charge < -0.3 is 9.64 Å². The van der Waals surface area contributed by atoms with Crippen LogP contribution in [-0.4, -0.2) is 63.3 Å². The summed E-state index contributed by atoms with van der Waals surface area (Å²) < 4.78 is 4.69. The summed E-state index contributed by atoms with van der Waals surface area (Å²) in [6.07, 6.45) is 3.91. The molecule has 1 aliphatic rings. The molecule has 1 amide bonds. The molecule has 1 heterocycles. The Morgan fingerprint density at radius 1 is 1.33 bits per heavy atom. The van der Waals surface area contributed by atoms with Gasteiger partial charge in [-0.05, 0) is 36.5 Å². The number of benzene rings is 1. The quantitative estimate of drug-likeness (QED) is 0.790. The second-order valence-electron chi connectivity index (χ2n) is 8.10. The van der Waals surface area contributed by atoms with Gasteiger partial charge in [-0.25, -0.2) is 14.8 Å². The van der Waals surface area contributed by atoms with Crippen LogP contribution in [0.4, 0.5) is 21.9 Å². The number of rotatable bonds is 5. The van der Waals surface area contributed by atoms with Crippen molar-refractivity contribution < 1.29 is 9.53 Å². The first-order valence-electron chi connectivity index (χ1n) is 9.41. The van der Waals surface area contributed by atoms with Crippen molar-refractivity contribution in [1.82, 2.24) is 10.0 Å². The number of carbonyl (C=O) groups is 1. The predicted molar refractivity (Wildman–Crippen MR) is 112 cm³/mol. The van der Waals surface area contributed by atoms with E-state index < -0.39 is 6.09 Å². The van der Waals surface area contributed by atoms with Crippen LogP contribution in [0.15, 0.2) is 23.2 Å². The van der Waals surface area contributed by atoms with E-state index in [4.69, 9.17) is 4.99 Å². The lowest BCUT2D eigenvalue weighted by Gasteiger charge is -2.39. The van der Waals surface area contributed by atoms with E-state index in [0.717, 1.165) is 31.1 Å². The van der Waals surface area contributed by atoms with E-state index in [9.17, 15) is 4.79 Å². The van der Waals surface area contributed by atoms with Crippen molar-refractivity contribution in [3.63, 3.8) is 0 Å². The van der Waals surface area contributed by atoms with Crippen LogP contribution >= 0.6 is 0 Å². The third-order valence-corrected chi connectivity index (χ3v) is 4.42. The molecule has 0 saturated carbocycles. The molecule has 1 aromatic rings. The van der Waals surface area contributed by atoms with Gasteiger partial charge in [-0.1, -0.05) is 20.8 Å². The van der Waals surface area contributed by atoms with Gasteiger partial charge in [-0.15, -0.1) is 0 Å². The van der Waals surface area contributed by atoms with Crippen LogP contribution in [0.1, 0.15) is 33.6 Å². The number of methoxy groups -OCH3 is 1. The first-order valence-corrected chi connectivity index (χ1v) is 9.41. The van der Waals surface area contributed by atoms with Crippen molar-refractivity contribution >= 4 is 29.4 Å². The molecule has 1 fully saturated rings. The molecular formula is C20H33N5O2. The largest absolute Gasteiger partial charge is 0.453 e. The highest BCUT2D eigenvalue weighted by Crippen LogP contribution is 2.32. The molecule has 0 bridgehead atoms. The van der Waals surface area contributed by atoms with E-state index in [0.29, 0.717) is 5.69 Å². The average Bonchev–Trinajstić information content (AvgIpc) is 2.61. The molecule has 1 aromatic carbocycles. The van der Waals surface area contributed by atoms with Crippen molar-refractivity contribution in [2.45, 2.75) is 33.6 Å². The fourth-order valence-electron chi connectivity index (χ4n) is 2.91. The van der Waals surface area contributed by atoms with Gasteiger partial charge in [0.15, 0.2) is 0 Å². The van der Waals surface area contributed by atoms with Gasteiger partial charge in [-0.2, -0.15) is 0 Å². The Labute approximate surface area is 163 Å². The minimum atomic E-state index is -0.489. The average molecular weight is 376 g/mol. The van der Waals surface area contributed by atoms with Crippen molar-refractivity contribution in [1.29, 1.82) is 0 Å². The van der Waals surface area contributed by atoms with Gasteiger partial charge in [0.05, 0.1) is 25.2 Å². The molecule has 1 saturated heterocycles. The Hall–Kier alpha value is -2.12. The number of hydrogen-bond acceptors (Lipinski definition) is 6. The Morgan fingerprint density at radius 3 is 2.67 bits per heavy atom. The van der Waals surface area contributed by atoms with Gasteiger partial charge in [0.25, 0.3) is 0 Å². The summed E-state index contributed by atoms with van der Waals surface area (Å²) in [4.78, 5) is 18.4. The van der Waals surface area contributed by atoms with Gasteiger partial charge in [0.1, 0.15) is 0 Å². The zero-order valence-corrected chi connectivity index (χ0v) is 17.5. The summed E-state index contributed by atoms with van der Waals surface area (Å²) in [6, 6.07) is 5.74. The van der Waals surface area contributed by atoms with Crippen molar-refractivity contribution in [2.24, 2.45) is 10.4 Å². The summed E-state index contributed by atoms with van der Waals surface area (Å²) >= 11 is 0. The van der Waals surface area contributed by atoms with Crippen molar-refractivity contribution in [3.8, 4) is 0 Å². The molecular weight excluding hydrogens is 342 g/mol. The van der Waals surface area contributed by atoms with E-state index >= 15 is 0 Å². The second kappa shape index (κ2) is 9.19. The highest BCUT2D eigenvalue weighted by Gasteiger charge is 2.19. The number of nitrogens with one attached hydrogen (secondary N) is 1. The number of carbonyl (C=O) groups excluding carboxylic acids is 1. The lowest BCUT2D eigenvalue weighted by atomic mass is 9.99. The topological polar surface area (TPSA) is 60.4 Å². The van der Waals surface area contributed by atoms with Gasteiger partial charge in [-0.3, -0.25) is 10.3 Å². The Kier molecular flexibility index (Phi) is 7.21. The van der Waals surface area contributed by atoms with Crippen LogP contribution < -0.4 is 10.2 Å². The predicted octanol–water partition coefficient (Wildman–Crippen LogP) is 3.95. The number of ether oxygens (including phenoxy) is 1. The molecule has 0 radical (unpaired) electrons. The number of anilines is 2. The third-order valence-electron chi connectivity index (χ3n) is 4.42. The SMILES string of the molecule is COC(=O)Nc1ccc(N(C)CN2CCCCN2C)c(N=CC(C)(C)C)c1. The molecule has 1 N–H and O–H groups in total. The maximum atomic E-state index is 11.5. The molecule has 0 aromatic heterocycles. The van der Waals surface area contributed by atoms with E-state index in [1.807, 2.05) is 24.4 Å². The number of hydrogen-bond donors (Lipinski definition) is 1. The molecule has 0 aliphatic carbocycles. The van der Waals surface area contributed by atoms with E-state index in [2.05, 4.69) is 59.8 Å². The van der Waals surface area contributed by atoms with Crippen LogP contribution in [0.5, 0.6) is 0 Å². The molecule has 7 nitrogen and oxygen atoms in total. The minimum Gasteiger partial charge on any atom is -0.453 e. The van der Waals surface area contributed by atoms with Crippen molar-refractivity contribution in [2.75, 3.05) is 51.2 Å². The molecule has 7 heteroatoms. The molecule has 0 spiro atoms. The normalized spacial score (nSPS) is 16.5. The Bertz CT molecular complexity index is 669. The highest BCUT2D eigenvalue weighted by atomic mass is 16.5. The number of hydrazine groups is 1. The van der Waals surface area contributed by atoms with Crippen LogP contribution in [0.3, 0.4) is 0 Å². The molecule has 27 heavy (non-hydrogen) atoms. The van der Waals surface area contributed by atoms with Gasteiger partial charge >= 0.3 is 6.09 Å². The Balaban J connectivity index is 2.26. The minimum absolute atomic E-state index is 0.0330. The monoisotopic (exact) mass is 375 g/mol. The number of aliphatic imine (C=N–C) groups is 1. The number of amides is 1. The molecule has 150 valence electrons. The van der Waals surface area contributed by atoms with Gasteiger partial charge in [0, 0.05) is 39.1 Å². The summed E-state index contributed by atoms with van der Waals surface area (Å²) in [5.74, 6) is 0. The summed E-state index contributed by atoms with van der Waals surface area (Å²) in [6.45, 7) is 9.27. The zero-order chi connectivity index (χ0) is 20.0. The molecule has 1 aliphatic heterocycles. The highest BCUT2D eigenvalue weighted by molar-refractivity contribution is 5.87. The molecule has 0 atom stereocenters. The van der Waals surface area contributed by atoms with Crippen LogP contribution in [-0.2, 0) is 4.74 Å². The Morgan fingerprint density at radius 2 is 2.04 bits per heavy atom. The fraction of sp³-hybridized carbons (Fsp3) is 0.600. The lowest BCUT2D eigenvalue weighted by Crippen LogP contribution is -2.49. The molecule has 0 unspecified atom stereocenters. The summed E-state index contributed by atoms with van der Waals surface area (Å²) in [5.41, 5.74) is 2.47. The maximum absolute atomic E-state index is 11.5. The van der Waals surface area contributed by atoms with Crippen LogP contribution in [0.25, 0.3) is 0 Å². The first-order chi connectivity index (χ1) is 12.7. The summed E-state index contributed by atoms with van der Waals surface area (Å²) in [5, 5.41) is 7.34. The zero-order valence-electron chi connectivity index (χ0n) is 17.5. The molecule has 2 rings (SSSR count). The van der Waals surface area contributed by atoms with Crippen LogP contribution in [0.2, 0.25) is 0 Å². The fourth-order valence-corrected chi connectivity index (χ4v) is 2.91. The second-order valence-corrected chi connectivity index (χ2v) is 8.10. The van der Waals surface area contributed by atoms with Crippen LogP contribution in [0, 0.1) is 5.41 Å². The standard InChI is InChI=1S/C20H33N5O2/c1-20(2,3)14-21-17-13-16(22-19(26)27-6)9-10-18(17)23(4)15-25-12-8-7-11-24(25)5/h9-10,13-14H,7-8,11-12,15H2,1-6H3,(H,22,26). The summed E-state index contributed by atoms with van der Waals surface area (Å²) in [7, 11) is 5.56. The first kappa shape index (κ1) is 21.2. The number of nitrogens with zero attached hydrogens (tertiary/aromatic N) is 4. The van der Waals surface area contributed by atoms with E-state index in [1.165, 1.54) is 20.0 Å².